The summed E-state index contributed by atoms with van der Waals surface area (Å²) in [7, 11) is 0. The molecule has 0 heterocycles. The highest BCUT2D eigenvalue weighted by Crippen LogP contribution is 2.14. The van der Waals surface area contributed by atoms with Crippen LogP contribution in [0, 0.1) is 0 Å². The number of ether oxygens (including phenoxy) is 3. The molecule has 0 aromatic rings. The van der Waals surface area contributed by atoms with Crippen LogP contribution in [0.5, 0.6) is 0 Å². The lowest BCUT2D eigenvalue weighted by molar-refractivity contribution is -0.167. The molecule has 374 valence electrons. The SMILES string of the molecule is CC\C=C/C=C\C=C/C=C\C=C/CCCC(=O)OCC(COC(=O)CCCCCCCCCCCC/C=C\C=C/CCCCC)OC(=O)CCCCC/C=C\C=C/CCCCCCCCC. The lowest BCUT2D eigenvalue weighted by Crippen LogP contribution is -2.30. The van der Waals surface area contributed by atoms with Crippen molar-refractivity contribution in [3.63, 3.8) is 0 Å². The van der Waals surface area contributed by atoms with Crippen molar-refractivity contribution >= 4 is 17.9 Å². The number of hydrogen-bond donors (Lipinski definition) is 0. The molecule has 0 spiro atoms. The minimum atomic E-state index is -0.824. The van der Waals surface area contributed by atoms with Gasteiger partial charge in [0.1, 0.15) is 13.2 Å². The molecule has 0 fully saturated rings. The van der Waals surface area contributed by atoms with Gasteiger partial charge in [-0.3, -0.25) is 14.4 Å². The first-order valence-electron chi connectivity index (χ1n) is 27.0. The molecule has 0 N–H and O–H groups in total. The number of carbonyl (C=O) groups is 3. The van der Waals surface area contributed by atoms with Crippen molar-refractivity contribution in [2.75, 3.05) is 13.2 Å². The zero-order chi connectivity index (χ0) is 47.9. The second-order valence-corrected chi connectivity index (χ2v) is 17.6. The largest absolute Gasteiger partial charge is 0.462 e. The second-order valence-electron chi connectivity index (χ2n) is 17.6. The standard InChI is InChI=1S/C60H98O6/c1-4-7-10-13-16-19-22-25-27-29-30-31-33-35-38-41-44-47-50-53-59(62)65-56-57(55-64-58(61)52-49-46-43-40-37-34-24-21-18-15-12-9-6-3)66-60(63)54-51-48-45-42-39-36-32-28-26-23-20-17-14-11-8-5-2/h9,12,15-16,18-19,21-22,24-25,28,32,34,36-37,39-40,43,57H,4-8,10-11,13-14,17,20,23,26-27,29-31,33,35,38,41-42,44-56H2,1-3H3/b12-9-,18-15-,19-16-,24-21-,25-22-,32-28-,37-34-,39-36-,43-40-. The van der Waals surface area contributed by atoms with Crippen LogP contribution in [-0.4, -0.2) is 37.2 Å². The fourth-order valence-corrected chi connectivity index (χ4v) is 7.10. The summed E-state index contributed by atoms with van der Waals surface area (Å²) in [5.74, 6) is -1.02. The molecule has 66 heavy (non-hydrogen) atoms. The molecule has 0 aromatic carbocycles. The number of carbonyl (C=O) groups excluding carboxylic acids is 3. The van der Waals surface area contributed by atoms with E-state index in [1.165, 1.54) is 122 Å². The van der Waals surface area contributed by atoms with E-state index in [1.54, 1.807) is 0 Å². The van der Waals surface area contributed by atoms with Crippen molar-refractivity contribution in [3.05, 3.63) is 109 Å². The summed E-state index contributed by atoms with van der Waals surface area (Å²) in [4.78, 5) is 38.0. The number of unbranched alkanes of at least 4 members (excludes halogenated alkanes) is 24. The van der Waals surface area contributed by atoms with Crippen LogP contribution in [0.25, 0.3) is 0 Å². The topological polar surface area (TPSA) is 78.9 Å². The van der Waals surface area contributed by atoms with E-state index >= 15 is 0 Å². The van der Waals surface area contributed by atoms with E-state index in [9.17, 15) is 14.4 Å². The molecule has 0 aliphatic carbocycles. The van der Waals surface area contributed by atoms with Gasteiger partial charge in [-0.1, -0.05) is 239 Å². The van der Waals surface area contributed by atoms with Gasteiger partial charge in [0.2, 0.25) is 0 Å². The Labute approximate surface area is 406 Å². The number of esters is 3. The Bertz CT molecular complexity index is 1370. The van der Waals surface area contributed by atoms with Gasteiger partial charge in [-0.25, -0.2) is 0 Å². The molecule has 0 aliphatic heterocycles. The lowest BCUT2D eigenvalue weighted by Gasteiger charge is -2.18. The van der Waals surface area contributed by atoms with E-state index < -0.39 is 6.10 Å². The van der Waals surface area contributed by atoms with Gasteiger partial charge in [0, 0.05) is 19.3 Å². The molecule has 0 saturated heterocycles. The summed E-state index contributed by atoms with van der Waals surface area (Å²) in [6.07, 6.45) is 72.3. The van der Waals surface area contributed by atoms with Crippen LogP contribution in [-0.2, 0) is 28.6 Å². The predicted octanol–water partition coefficient (Wildman–Crippen LogP) is 17.9. The number of rotatable bonds is 47. The zero-order valence-corrected chi connectivity index (χ0v) is 42.7. The highest BCUT2D eigenvalue weighted by atomic mass is 16.6. The van der Waals surface area contributed by atoms with Crippen LogP contribution in [0.3, 0.4) is 0 Å². The Hall–Kier alpha value is -3.93. The van der Waals surface area contributed by atoms with Crippen molar-refractivity contribution in [2.24, 2.45) is 0 Å². The maximum absolute atomic E-state index is 12.8. The van der Waals surface area contributed by atoms with E-state index in [0.29, 0.717) is 12.8 Å². The summed E-state index contributed by atoms with van der Waals surface area (Å²) in [5, 5.41) is 0. The van der Waals surface area contributed by atoms with Crippen molar-refractivity contribution in [1.82, 2.24) is 0 Å². The fourth-order valence-electron chi connectivity index (χ4n) is 7.10. The van der Waals surface area contributed by atoms with Crippen LogP contribution in [0.4, 0.5) is 0 Å². The third-order valence-corrected chi connectivity index (χ3v) is 11.2. The number of hydrogen-bond acceptors (Lipinski definition) is 6. The Morgan fingerprint density at radius 1 is 0.318 bits per heavy atom. The van der Waals surface area contributed by atoms with Crippen molar-refractivity contribution in [1.29, 1.82) is 0 Å². The zero-order valence-electron chi connectivity index (χ0n) is 42.7. The monoisotopic (exact) mass is 915 g/mol. The molecular formula is C60H98O6. The third-order valence-electron chi connectivity index (χ3n) is 11.2. The van der Waals surface area contributed by atoms with Gasteiger partial charge in [-0.05, 0) is 83.5 Å². The Morgan fingerprint density at radius 2 is 0.606 bits per heavy atom. The molecule has 1 unspecified atom stereocenters. The average molecular weight is 915 g/mol. The lowest BCUT2D eigenvalue weighted by atomic mass is 10.1. The van der Waals surface area contributed by atoms with Gasteiger partial charge >= 0.3 is 17.9 Å². The summed E-state index contributed by atoms with van der Waals surface area (Å²) >= 11 is 0. The maximum atomic E-state index is 12.8. The fraction of sp³-hybridized carbons (Fsp3) is 0.650. The highest BCUT2D eigenvalue weighted by Gasteiger charge is 2.19. The van der Waals surface area contributed by atoms with Crippen LogP contribution >= 0.6 is 0 Å². The van der Waals surface area contributed by atoms with Gasteiger partial charge in [-0.15, -0.1) is 0 Å². The maximum Gasteiger partial charge on any atom is 0.306 e. The quantitative estimate of drug-likeness (QED) is 0.0262. The average Bonchev–Trinajstić information content (AvgIpc) is 3.31. The van der Waals surface area contributed by atoms with E-state index in [0.717, 1.165) is 64.2 Å². The van der Waals surface area contributed by atoms with Gasteiger partial charge in [0.25, 0.3) is 0 Å². The van der Waals surface area contributed by atoms with Crippen LogP contribution < -0.4 is 0 Å². The Kier molecular flexibility index (Phi) is 50.5. The van der Waals surface area contributed by atoms with Crippen molar-refractivity contribution in [3.8, 4) is 0 Å². The molecular weight excluding hydrogens is 817 g/mol. The molecule has 0 aromatic heterocycles. The molecule has 6 heteroatoms. The number of allylic oxidation sites excluding steroid dienone is 18. The van der Waals surface area contributed by atoms with Crippen LogP contribution in [0.15, 0.2) is 109 Å². The minimum Gasteiger partial charge on any atom is -0.462 e. The molecule has 0 saturated carbocycles. The molecule has 0 rings (SSSR count). The Balaban J connectivity index is 4.50. The van der Waals surface area contributed by atoms with Gasteiger partial charge < -0.3 is 14.2 Å². The second kappa shape index (κ2) is 53.7. The molecule has 0 radical (unpaired) electrons. The molecule has 6 nitrogen and oxygen atoms in total. The predicted molar refractivity (Wildman–Crippen MR) is 283 cm³/mol. The first-order chi connectivity index (χ1) is 32.5. The molecule has 0 bridgehead atoms. The van der Waals surface area contributed by atoms with E-state index in [1.807, 2.05) is 54.7 Å². The molecule has 1 atom stereocenters. The van der Waals surface area contributed by atoms with E-state index in [2.05, 4.69) is 75.5 Å². The Morgan fingerprint density at radius 3 is 1.05 bits per heavy atom. The first-order valence-corrected chi connectivity index (χ1v) is 27.0. The van der Waals surface area contributed by atoms with Crippen molar-refractivity contribution in [2.45, 2.75) is 239 Å². The first kappa shape index (κ1) is 62.1. The minimum absolute atomic E-state index is 0.115. The molecule has 0 amide bonds. The van der Waals surface area contributed by atoms with E-state index in [4.69, 9.17) is 14.2 Å². The smallest absolute Gasteiger partial charge is 0.306 e. The van der Waals surface area contributed by atoms with E-state index in [-0.39, 0.29) is 44.0 Å². The summed E-state index contributed by atoms with van der Waals surface area (Å²) < 4.78 is 16.7. The third kappa shape index (κ3) is 51.1. The highest BCUT2D eigenvalue weighted by molar-refractivity contribution is 5.71. The van der Waals surface area contributed by atoms with Crippen LogP contribution in [0.2, 0.25) is 0 Å². The summed E-state index contributed by atoms with van der Waals surface area (Å²) in [6.45, 7) is 6.37. The van der Waals surface area contributed by atoms with Crippen LogP contribution in [0.1, 0.15) is 233 Å². The summed E-state index contributed by atoms with van der Waals surface area (Å²) in [6, 6.07) is 0. The van der Waals surface area contributed by atoms with Gasteiger partial charge in [0.05, 0.1) is 0 Å². The summed E-state index contributed by atoms with van der Waals surface area (Å²) in [5.41, 5.74) is 0. The van der Waals surface area contributed by atoms with Crippen molar-refractivity contribution < 1.29 is 28.6 Å². The normalized spacial score (nSPS) is 13.0. The van der Waals surface area contributed by atoms with Gasteiger partial charge in [-0.2, -0.15) is 0 Å². The van der Waals surface area contributed by atoms with Gasteiger partial charge in [0.15, 0.2) is 6.10 Å². The molecule has 0 aliphatic rings.